The minimum atomic E-state index is -0.343. The van der Waals surface area contributed by atoms with Crippen LogP contribution in [0.2, 0.25) is 0 Å². The van der Waals surface area contributed by atoms with Gasteiger partial charge in [-0.3, -0.25) is 9.80 Å². The molecule has 3 fully saturated rings. The Labute approximate surface area is 173 Å². The van der Waals surface area contributed by atoms with E-state index >= 15 is 0 Å². The van der Waals surface area contributed by atoms with Crippen molar-refractivity contribution in [2.24, 2.45) is 0 Å². The van der Waals surface area contributed by atoms with E-state index in [2.05, 4.69) is 37.6 Å². The molecule has 1 aromatic rings. The molecule has 3 saturated heterocycles. The number of aromatic nitrogens is 1. The van der Waals surface area contributed by atoms with Gasteiger partial charge in [-0.15, -0.1) is 0 Å². The fourth-order valence-corrected chi connectivity index (χ4v) is 4.31. The van der Waals surface area contributed by atoms with Crippen LogP contribution in [-0.2, 0) is 9.47 Å². The highest BCUT2D eigenvalue weighted by Crippen LogP contribution is 2.20. The van der Waals surface area contributed by atoms with Gasteiger partial charge in [0.15, 0.2) is 0 Å². The zero-order chi connectivity index (χ0) is 19.9. The van der Waals surface area contributed by atoms with E-state index in [0.717, 1.165) is 64.5 Å². The number of piperidine rings is 1. The number of rotatable bonds is 5. The molecule has 29 heavy (non-hydrogen) atoms. The Balaban J connectivity index is 1.09. The van der Waals surface area contributed by atoms with E-state index < -0.39 is 0 Å². The molecule has 2 unspecified atom stereocenters. The quantitative estimate of drug-likeness (QED) is 0.720. The zero-order valence-corrected chi connectivity index (χ0v) is 17.1. The van der Waals surface area contributed by atoms with Gasteiger partial charge >= 0.3 is 0 Å². The highest BCUT2D eigenvalue weighted by atomic mass is 16.5. The molecular weight excluding hydrogens is 368 g/mol. The van der Waals surface area contributed by atoms with Crippen LogP contribution in [0, 0.1) is 11.8 Å². The van der Waals surface area contributed by atoms with E-state index in [1.54, 1.807) is 0 Å². The van der Waals surface area contributed by atoms with Crippen LogP contribution in [0.5, 0.6) is 0 Å². The van der Waals surface area contributed by atoms with Gasteiger partial charge in [0.2, 0.25) is 0 Å². The number of ether oxygens (including phenoxy) is 2. The number of nitrogens with zero attached hydrogens (tertiary/aromatic N) is 4. The Bertz CT molecular complexity index is 676. The van der Waals surface area contributed by atoms with Gasteiger partial charge in [-0.25, -0.2) is 4.98 Å². The molecular formula is C22H32N4O3. The first kappa shape index (κ1) is 20.6. The standard InChI is InChI=1S/C22H32N4O3/c27-21-18-28-17-20(21)25-10-6-19(7-11-25)29-16-4-3-9-24-12-14-26(15-13-24)22-5-1-2-8-23-22/h1-2,5,8,19-21,27H,6-7,9-18H2. The fourth-order valence-electron chi connectivity index (χ4n) is 4.31. The Morgan fingerprint density at radius 2 is 1.90 bits per heavy atom. The SMILES string of the molecule is OC1COCC1N1CCC(OCC#CCN2CCN(c3ccccn3)CC2)CC1. The molecule has 1 N–H and O–H groups in total. The first-order valence-electron chi connectivity index (χ1n) is 10.7. The third-order valence-corrected chi connectivity index (χ3v) is 6.13. The third kappa shape index (κ3) is 5.68. The lowest BCUT2D eigenvalue weighted by atomic mass is 10.0. The predicted molar refractivity (Wildman–Crippen MR) is 112 cm³/mol. The fraction of sp³-hybridized carbons (Fsp3) is 0.682. The second-order valence-electron chi connectivity index (χ2n) is 8.02. The summed E-state index contributed by atoms with van der Waals surface area (Å²) in [6, 6.07) is 6.22. The molecule has 0 amide bonds. The van der Waals surface area contributed by atoms with Crippen LogP contribution < -0.4 is 4.90 Å². The smallest absolute Gasteiger partial charge is 0.128 e. The van der Waals surface area contributed by atoms with Crippen LogP contribution in [0.1, 0.15) is 12.8 Å². The summed E-state index contributed by atoms with van der Waals surface area (Å²) in [4.78, 5) is 11.5. The maximum atomic E-state index is 9.96. The van der Waals surface area contributed by atoms with Crippen LogP contribution in [0.4, 0.5) is 5.82 Å². The lowest BCUT2D eigenvalue weighted by Crippen LogP contribution is -2.48. The second-order valence-corrected chi connectivity index (χ2v) is 8.02. The van der Waals surface area contributed by atoms with Crippen molar-refractivity contribution in [3.63, 3.8) is 0 Å². The number of aliphatic hydroxyl groups is 1. The maximum absolute atomic E-state index is 9.96. The van der Waals surface area contributed by atoms with Crippen LogP contribution in [-0.4, -0.2) is 104 Å². The van der Waals surface area contributed by atoms with Crippen molar-refractivity contribution >= 4 is 5.82 Å². The first-order chi connectivity index (χ1) is 14.3. The van der Waals surface area contributed by atoms with Crippen molar-refractivity contribution in [3.8, 4) is 11.8 Å². The number of aliphatic hydroxyl groups excluding tert-OH is 1. The van der Waals surface area contributed by atoms with E-state index in [4.69, 9.17) is 9.47 Å². The molecule has 7 nitrogen and oxygen atoms in total. The summed E-state index contributed by atoms with van der Waals surface area (Å²) in [7, 11) is 0. The molecule has 0 spiro atoms. The molecule has 0 radical (unpaired) electrons. The summed E-state index contributed by atoms with van der Waals surface area (Å²) >= 11 is 0. The minimum Gasteiger partial charge on any atom is -0.389 e. The lowest BCUT2D eigenvalue weighted by Gasteiger charge is -2.36. The number of hydrogen-bond acceptors (Lipinski definition) is 7. The average molecular weight is 401 g/mol. The molecule has 7 heteroatoms. The number of pyridine rings is 1. The highest BCUT2D eigenvalue weighted by molar-refractivity contribution is 5.38. The molecule has 0 saturated carbocycles. The Morgan fingerprint density at radius 3 is 2.59 bits per heavy atom. The molecule has 2 atom stereocenters. The summed E-state index contributed by atoms with van der Waals surface area (Å²) in [5.41, 5.74) is 0. The summed E-state index contributed by atoms with van der Waals surface area (Å²) < 4.78 is 11.3. The average Bonchev–Trinajstić information content (AvgIpc) is 3.21. The highest BCUT2D eigenvalue weighted by Gasteiger charge is 2.33. The van der Waals surface area contributed by atoms with Crippen molar-refractivity contribution in [1.29, 1.82) is 0 Å². The van der Waals surface area contributed by atoms with Crippen LogP contribution in [0.3, 0.4) is 0 Å². The van der Waals surface area contributed by atoms with E-state index in [1.165, 1.54) is 0 Å². The molecule has 0 aromatic carbocycles. The molecule has 3 aliphatic rings. The third-order valence-electron chi connectivity index (χ3n) is 6.13. The Kier molecular flexibility index (Phi) is 7.36. The zero-order valence-electron chi connectivity index (χ0n) is 17.1. The Morgan fingerprint density at radius 1 is 1.07 bits per heavy atom. The summed E-state index contributed by atoms with van der Waals surface area (Å²) in [6.07, 6.45) is 3.79. The van der Waals surface area contributed by atoms with Gasteiger partial charge in [0, 0.05) is 45.5 Å². The first-order valence-corrected chi connectivity index (χ1v) is 10.7. The molecule has 1 aromatic heterocycles. The van der Waals surface area contributed by atoms with Gasteiger partial charge in [-0.2, -0.15) is 0 Å². The Hall–Kier alpha value is -1.69. The maximum Gasteiger partial charge on any atom is 0.128 e. The monoisotopic (exact) mass is 400 g/mol. The van der Waals surface area contributed by atoms with Gasteiger partial charge in [0.25, 0.3) is 0 Å². The summed E-state index contributed by atoms with van der Waals surface area (Å²) in [5.74, 6) is 7.51. The summed E-state index contributed by atoms with van der Waals surface area (Å²) in [6.45, 7) is 8.37. The number of likely N-dealkylation sites (tertiary alicyclic amines) is 1. The van der Waals surface area contributed by atoms with Gasteiger partial charge < -0.3 is 19.5 Å². The van der Waals surface area contributed by atoms with Crippen molar-refractivity contribution < 1.29 is 14.6 Å². The van der Waals surface area contributed by atoms with Crippen molar-refractivity contribution in [1.82, 2.24) is 14.8 Å². The molecule has 3 aliphatic heterocycles. The van der Waals surface area contributed by atoms with Crippen molar-refractivity contribution in [2.75, 3.05) is 70.5 Å². The van der Waals surface area contributed by atoms with E-state index in [1.807, 2.05) is 18.3 Å². The van der Waals surface area contributed by atoms with E-state index in [9.17, 15) is 5.11 Å². The van der Waals surface area contributed by atoms with Gasteiger partial charge in [-0.05, 0) is 25.0 Å². The van der Waals surface area contributed by atoms with Gasteiger partial charge in [-0.1, -0.05) is 17.9 Å². The number of anilines is 1. The molecule has 4 rings (SSSR count). The topological polar surface area (TPSA) is 61.3 Å². The lowest BCUT2D eigenvalue weighted by molar-refractivity contribution is -0.00281. The van der Waals surface area contributed by atoms with Crippen molar-refractivity contribution in [2.45, 2.75) is 31.1 Å². The molecule has 0 aliphatic carbocycles. The van der Waals surface area contributed by atoms with Crippen LogP contribution >= 0.6 is 0 Å². The van der Waals surface area contributed by atoms with Crippen LogP contribution in [0.15, 0.2) is 24.4 Å². The number of piperazine rings is 1. The number of hydrogen-bond donors (Lipinski definition) is 1. The molecule has 158 valence electrons. The summed E-state index contributed by atoms with van der Waals surface area (Å²) in [5, 5.41) is 9.96. The second kappa shape index (κ2) is 10.4. The van der Waals surface area contributed by atoms with E-state index in [-0.39, 0.29) is 18.2 Å². The van der Waals surface area contributed by atoms with Gasteiger partial charge in [0.05, 0.1) is 38.0 Å². The van der Waals surface area contributed by atoms with Crippen molar-refractivity contribution in [3.05, 3.63) is 24.4 Å². The molecule has 0 bridgehead atoms. The van der Waals surface area contributed by atoms with Gasteiger partial charge in [0.1, 0.15) is 12.4 Å². The van der Waals surface area contributed by atoms with Crippen LogP contribution in [0.25, 0.3) is 0 Å². The largest absolute Gasteiger partial charge is 0.389 e. The molecule has 4 heterocycles. The normalized spacial score (nSPS) is 27.0. The minimum absolute atomic E-state index is 0.161. The van der Waals surface area contributed by atoms with E-state index in [0.29, 0.717) is 19.8 Å². The predicted octanol–water partition coefficient (Wildman–Crippen LogP) is 0.448.